The first-order valence-electron chi connectivity index (χ1n) is 9.43. The molecule has 4 rings (SSSR count). The summed E-state index contributed by atoms with van der Waals surface area (Å²) in [5.41, 5.74) is 2.18. The second-order valence-corrected chi connectivity index (χ2v) is 8.88. The normalized spacial score (nSPS) is 15.8. The molecular formula is C23H21NO5S. The summed E-state index contributed by atoms with van der Waals surface area (Å²) in [5, 5.41) is 0. The maximum Gasteiger partial charge on any atom is 0.264 e. The fourth-order valence-corrected chi connectivity index (χ4v) is 5.01. The van der Waals surface area contributed by atoms with Gasteiger partial charge in [-0.3, -0.25) is 9.10 Å². The molecule has 0 aromatic heterocycles. The van der Waals surface area contributed by atoms with Gasteiger partial charge >= 0.3 is 0 Å². The van der Waals surface area contributed by atoms with E-state index in [-0.39, 0.29) is 28.4 Å². The van der Waals surface area contributed by atoms with E-state index >= 15 is 0 Å². The fraction of sp³-hybridized carbons (Fsp3) is 0.174. The van der Waals surface area contributed by atoms with Crippen LogP contribution in [0.4, 0.5) is 5.69 Å². The van der Waals surface area contributed by atoms with Gasteiger partial charge in [-0.1, -0.05) is 48.0 Å². The molecule has 1 heterocycles. The molecule has 0 spiro atoms. The highest BCUT2D eigenvalue weighted by Gasteiger charge is 2.38. The summed E-state index contributed by atoms with van der Waals surface area (Å²) >= 11 is 0. The third kappa shape index (κ3) is 3.41. The second kappa shape index (κ2) is 7.84. The number of fused-ring (bicyclic) bond motifs is 1. The Morgan fingerprint density at radius 1 is 1.03 bits per heavy atom. The minimum atomic E-state index is -3.95. The third-order valence-corrected chi connectivity index (χ3v) is 6.87. The predicted molar refractivity (Wildman–Crippen MR) is 114 cm³/mol. The monoisotopic (exact) mass is 423 g/mol. The molecule has 0 fully saturated rings. The number of carbonyl (C=O) groups excluding carboxylic acids is 1. The van der Waals surface area contributed by atoms with E-state index in [1.807, 2.05) is 37.3 Å². The van der Waals surface area contributed by atoms with E-state index < -0.39 is 16.1 Å². The highest BCUT2D eigenvalue weighted by molar-refractivity contribution is 7.92. The van der Waals surface area contributed by atoms with E-state index in [1.54, 1.807) is 30.3 Å². The molecule has 0 bridgehead atoms. The standard InChI is InChI=1S/C23H21NO5S/c1-16-8-11-19(12-9-16)30(26,27)24-14-21(17-6-4-3-5-7-17)29-23-20(28-2)13-10-18(15-25)22(23)24/h3-13,15,21H,14H2,1-2H3. The van der Waals surface area contributed by atoms with E-state index in [4.69, 9.17) is 9.47 Å². The van der Waals surface area contributed by atoms with Gasteiger partial charge in [0.25, 0.3) is 10.0 Å². The molecule has 1 aliphatic heterocycles. The van der Waals surface area contributed by atoms with Gasteiger partial charge in [0.2, 0.25) is 0 Å². The number of methoxy groups -OCH3 is 1. The van der Waals surface area contributed by atoms with Crippen LogP contribution < -0.4 is 13.8 Å². The quantitative estimate of drug-likeness (QED) is 0.577. The van der Waals surface area contributed by atoms with E-state index in [9.17, 15) is 13.2 Å². The molecule has 0 saturated carbocycles. The number of aryl methyl sites for hydroxylation is 1. The van der Waals surface area contributed by atoms with Crippen LogP contribution in [0.3, 0.4) is 0 Å². The van der Waals surface area contributed by atoms with Gasteiger partial charge < -0.3 is 9.47 Å². The van der Waals surface area contributed by atoms with Gasteiger partial charge in [-0.25, -0.2) is 8.42 Å². The summed E-state index contributed by atoms with van der Waals surface area (Å²) in [4.78, 5) is 11.9. The van der Waals surface area contributed by atoms with Gasteiger partial charge in [0, 0.05) is 5.56 Å². The zero-order valence-electron chi connectivity index (χ0n) is 16.6. The molecule has 30 heavy (non-hydrogen) atoms. The number of hydrogen-bond acceptors (Lipinski definition) is 5. The van der Waals surface area contributed by atoms with Crippen molar-refractivity contribution in [1.29, 1.82) is 0 Å². The first-order valence-corrected chi connectivity index (χ1v) is 10.9. The minimum Gasteiger partial charge on any atom is -0.493 e. The van der Waals surface area contributed by atoms with E-state index in [0.29, 0.717) is 12.0 Å². The summed E-state index contributed by atoms with van der Waals surface area (Å²) in [6.45, 7) is 1.92. The van der Waals surface area contributed by atoms with Crippen molar-refractivity contribution >= 4 is 22.0 Å². The van der Waals surface area contributed by atoms with Crippen LogP contribution >= 0.6 is 0 Å². The smallest absolute Gasteiger partial charge is 0.264 e. The zero-order chi connectivity index (χ0) is 21.3. The highest BCUT2D eigenvalue weighted by atomic mass is 32.2. The Hall–Kier alpha value is -3.32. The molecule has 154 valence electrons. The zero-order valence-corrected chi connectivity index (χ0v) is 17.4. The summed E-state index contributed by atoms with van der Waals surface area (Å²) in [6, 6.07) is 19.1. The van der Waals surface area contributed by atoms with Crippen molar-refractivity contribution < 1.29 is 22.7 Å². The number of nitrogens with zero attached hydrogens (tertiary/aromatic N) is 1. The van der Waals surface area contributed by atoms with Gasteiger partial charge in [-0.05, 0) is 36.8 Å². The molecule has 0 aliphatic carbocycles. The number of anilines is 1. The third-order valence-electron chi connectivity index (χ3n) is 5.09. The lowest BCUT2D eigenvalue weighted by molar-refractivity contribution is 0.112. The Morgan fingerprint density at radius 3 is 2.37 bits per heavy atom. The molecular weight excluding hydrogens is 402 g/mol. The van der Waals surface area contributed by atoms with Crippen molar-refractivity contribution in [1.82, 2.24) is 0 Å². The van der Waals surface area contributed by atoms with E-state index in [2.05, 4.69) is 0 Å². The second-order valence-electron chi connectivity index (χ2n) is 7.02. The number of rotatable bonds is 5. The maximum atomic E-state index is 13.6. The summed E-state index contributed by atoms with van der Waals surface area (Å²) in [6.07, 6.45) is 0.0667. The SMILES string of the molecule is COc1ccc(C=O)c2c1OC(c1ccccc1)CN2S(=O)(=O)c1ccc(C)cc1. The summed E-state index contributed by atoms with van der Waals surface area (Å²) in [7, 11) is -2.48. The molecule has 3 aromatic rings. The Kier molecular flexibility index (Phi) is 5.22. The van der Waals surface area contributed by atoms with Gasteiger partial charge in [0.1, 0.15) is 11.8 Å². The molecule has 3 aromatic carbocycles. The average Bonchev–Trinajstić information content (AvgIpc) is 2.78. The van der Waals surface area contributed by atoms with Gasteiger partial charge in [0.15, 0.2) is 17.8 Å². The fourth-order valence-electron chi connectivity index (χ4n) is 3.51. The first kappa shape index (κ1) is 20.0. The lowest BCUT2D eigenvalue weighted by Gasteiger charge is -2.37. The molecule has 0 amide bonds. The van der Waals surface area contributed by atoms with Crippen molar-refractivity contribution in [3.05, 3.63) is 83.4 Å². The van der Waals surface area contributed by atoms with Crippen LogP contribution in [0, 0.1) is 6.92 Å². The van der Waals surface area contributed by atoms with Gasteiger partial charge in [0.05, 0.1) is 18.6 Å². The molecule has 1 atom stereocenters. The molecule has 0 saturated heterocycles. The number of aldehydes is 1. The molecule has 6 nitrogen and oxygen atoms in total. The van der Waals surface area contributed by atoms with Crippen molar-refractivity contribution in [2.75, 3.05) is 18.0 Å². The van der Waals surface area contributed by atoms with Crippen LogP contribution in [0.1, 0.15) is 27.6 Å². The Bertz CT molecular complexity index is 1170. The average molecular weight is 423 g/mol. The van der Waals surface area contributed by atoms with Gasteiger partial charge in [-0.2, -0.15) is 0 Å². The summed E-state index contributed by atoms with van der Waals surface area (Å²) < 4.78 is 40.1. The largest absolute Gasteiger partial charge is 0.493 e. The highest BCUT2D eigenvalue weighted by Crippen LogP contribution is 2.48. The van der Waals surface area contributed by atoms with Crippen LogP contribution in [-0.4, -0.2) is 28.4 Å². The van der Waals surface area contributed by atoms with E-state index in [1.165, 1.54) is 17.5 Å². The topological polar surface area (TPSA) is 72.9 Å². The molecule has 0 radical (unpaired) electrons. The van der Waals surface area contributed by atoms with Crippen molar-refractivity contribution in [2.24, 2.45) is 0 Å². The van der Waals surface area contributed by atoms with Crippen LogP contribution in [0.25, 0.3) is 0 Å². The molecule has 7 heteroatoms. The van der Waals surface area contributed by atoms with Crippen molar-refractivity contribution in [3.8, 4) is 11.5 Å². The maximum absolute atomic E-state index is 13.6. The van der Waals surface area contributed by atoms with Crippen LogP contribution in [0.2, 0.25) is 0 Å². The molecule has 1 unspecified atom stereocenters. The molecule has 1 aliphatic rings. The number of benzene rings is 3. The Balaban J connectivity index is 1.92. The Labute approximate surface area is 175 Å². The van der Waals surface area contributed by atoms with Gasteiger partial charge in [-0.15, -0.1) is 0 Å². The lowest BCUT2D eigenvalue weighted by atomic mass is 10.1. The van der Waals surface area contributed by atoms with Crippen LogP contribution in [0.15, 0.2) is 71.6 Å². The van der Waals surface area contributed by atoms with Crippen molar-refractivity contribution in [2.45, 2.75) is 17.9 Å². The van der Waals surface area contributed by atoms with E-state index in [0.717, 1.165) is 11.1 Å². The first-order chi connectivity index (χ1) is 14.5. The minimum absolute atomic E-state index is 0.0290. The number of hydrogen-bond donors (Lipinski definition) is 0. The van der Waals surface area contributed by atoms with Crippen LogP contribution in [-0.2, 0) is 10.0 Å². The number of sulfonamides is 1. The predicted octanol–water partition coefficient (Wildman–Crippen LogP) is 4.15. The Morgan fingerprint density at radius 2 is 1.73 bits per heavy atom. The van der Waals surface area contributed by atoms with Crippen LogP contribution in [0.5, 0.6) is 11.5 Å². The molecule has 0 N–H and O–H groups in total. The van der Waals surface area contributed by atoms with Crippen molar-refractivity contribution in [3.63, 3.8) is 0 Å². The number of ether oxygens (including phenoxy) is 2. The number of carbonyl (C=O) groups is 1. The summed E-state index contributed by atoms with van der Waals surface area (Å²) in [5.74, 6) is 0.596. The lowest BCUT2D eigenvalue weighted by Crippen LogP contribution is -2.40.